The van der Waals surface area contributed by atoms with Crippen molar-refractivity contribution in [3.63, 3.8) is 0 Å². The van der Waals surface area contributed by atoms with Gasteiger partial charge in [0, 0.05) is 38.2 Å². The van der Waals surface area contributed by atoms with E-state index in [0.717, 1.165) is 25.2 Å². The Kier molecular flexibility index (Phi) is 7.03. The Hall–Kier alpha value is -1.92. The number of rotatable bonds is 8. The molecule has 23 heavy (non-hydrogen) atoms. The van der Waals surface area contributed by atoms with E-state index in [9.17, 15) is 9.59 Å². The van der Waals surface area contributed by atoms with Gasteiger partial charge in [-0.05, 0) is 43.6 Å². The molecule has 0 atom stereocenters. The van der Waals surface area contributed by atoms with Gasteiger partial charge in [0.2, 0.25) is 5.91 Å². The van der Waals surface area contributed by atoms with Crippen LogP contribution in [0.4, 0.5) is 0 Å². The minimum absolute atomic E-state index is 0.0529. The first-order valence-corrected chi connectivity index (χ1v) is 8.25. The molecule has 1 heterocycles. The van der Waals surface area contributed by atoms with Crippen molar-refractivity contribution >= 4 is 11.8 Å². The van der Waals surface area contributed by atoms with Gasteiger partial charge in [0.15, 0.2) is 0 Å². The molecule has 6 heteroatoms. The molecule has 1 saturated heterocycles. The predicted molar refractivity (Wildman–Crippen MR) is 90.0 cm³/mol. The number of benzene rings is 1. The quantitative estimate of drug-likeness (QED) is 0.650. The van der Waals surface area contributed by atoms with Crippen molar-refractivity contribution in [3.05, 3.63) is 35.4 Å². The summed E-state index contributed by atoms with van der Waals surface area (Å²) >= 11 is 0. The number of likely N-dealkylation sites (tertiary alicyclic amines) is 1. The fraction of sp³-hybridized carbons (Fsp3) is 0.529. The molecule has 0 bridgehead atoms. The number of hydrogen-bond acceptors (Lipinski definition) is 4. The zero-order chi connectivity index (χ0) is 16.5. The Labute approximate surface area is 137 Å². The van der Waals surface area contributed by atoms with E-state index in [4.69, 9.17) is 5.73 Å². The minimum Gasteiger partial charge on any atom is -0.352 e. The molecule has 0 radical (unpaired) electrons. The second-order valence-electron chi connectivity index (χ2n) is 5.82. The average Bonchev–Trinajstić information content (AvgIpc) is 3.07. The maximum atomic E-state index is 12.1. The summed E-state index contributed by atoms with van der Waals surface area (Å²) in [5.41, 5.74) is 6.93. The Morgan fingerprint density at radius 1 is 1.09 bits per heavy atom. The summed E-state index contributed by atoms with van der Waals surface area (Å²) in [5.74, 6) is -0.112. The van der Waals surface area contributed by atoms with Gasteiger partial charge in [-0.15, -0.1) is 0 Å². The molecule has 1 aromatic rings. The van der Waals surface area contributed by atoms with Crippen LogP contribution in [-0.4, -0.2) is 49.4 Å². The topological polar surface area (TPSA) is 87.5 Å². The van der Waals surface area contributed by atoms with Crippen LogP contribution in [-0.2, 0) is 11.3 Å². The Morgan fingerprint density at radius 2 is 1.78 bits per heavy atom. The number of nitrogens with one attached hydrogen (secondary N) is 2. The minimum atomic E-state index is -0.0590. The first-order chi connectivity index (χ1) is 11.2. The second kappa shape index (κ2) is 9.27. The van der Waals surface area contributed by atoms with E-state index in [1.54, 1.807) is 12.1 Å². The Bertz CT molecular complexity index is 510. The van der Waals surface area contributed by atoms with Crippen molar-refractivity contribution in [2.45, 2.75) is 25.8 Å². The highest BCUT2D eigenvalue weighted by atomic mass is 16.2. The summed E-state index contributed by atoms with van der Waals surface area (Å²) in [5, 5.41) is 5.74. The largest absolute Gasteiger partial charge is 0.352 e. The first kappa shape index (κ1) is 17.4. The van der Waals surface area contributed by atoms with E-state index >= 15 is 0 Å². The van der Waals surface area contributed by atoms with E-state index in [-0.39, 0.29) is 11.8 Å². The lowest BCUT2D eigenvalue weighted by Crippen LogP contribution is -2.33. The van der Waals surface area contributed by atoms with Crippen LogP contribution in [0.2, 0.25) is 0 Å². The van der Waals surface area contributed by atoms with Gasteiger partial charge in [-0.2, -0.15) is 0 Å². The van der Waals surface area contributed by atoms with Crippen LogP contribution in [0.15, 0.2) is 24.3 Å². The number of amides is 2. The maximum absolute atomic E-state index is 12.1. The molecule has 1 aliphatic heterocycles. The Morgan fingerprint density at radius 3 is 2.43 bits per heavy atom. The fourth-order valence-corrected chi connectivity index (χ4v) is 2.63. The van der Waals surface area contributed by atoms with Crippen molar-refractivity contribution in [1.29, 1.82) is 0 Å². The third kappa shape index (κ3) is 6.00. The van der Waals surface area contributed by atoms with Crippen LogP contribution in [0.3, 0.4) is 0 Å². The molecule has 0 saturated carbocycles. The van der Waals surface area contributed by atoms with Gasteiger partial charge in [0.1, 0.15) is 0 Å². The number of nitrogens with two attached hydrogens (primary N) is 1. The highest BCUT2D eigenvalue weighted by Gasteiger charge is 2.11. The third-order valence-electron chi connectivity index (χ3n) is 3.99. The number of carbonyl (C=O) groups excluding carboxylic acids is 2. The van der Waals surface area contributed by atoms with Gasteiger partial charge < -0.3 is 21.3 Å². The zero-order valence-corrected chi connectivity index (χ0v) is 13.5. The molecule has 1 aromatic carbocycles. The highest BCUT2D eigenvalue weighted by molar-refractivity contribution is 5.94. The summed E-state index contributed by atoms with van der Waals surface area (Å²) in [7, 11) is 0. The van der Waals surface area contributed by atoms with Crippen LogP contribution >= 0.6 is 0 Å². The molecule has 126 valence electrons. The van der Waals surface area contributed by atoms with Gasteiger partial charge in [-0.1, -0.05) is 12.1 Å². The molecular weight excluding hydrogens is 292 g/mol. The van der Waals surface area contributed by atoms with Crippen LogP contribution in [0, 0.1) is 0 Å². The lowest BCUT2D eigenvalue weighted by atomic mass is 10.1. The van der Waals surface area contributed by atoms with E-state index in [0.29, 0.717) is 31.6 Å². The summed E-state index contributed by atoms with van der Waals surface area (Å²) < 4.78 is 0. The van der Waals surface area contributed by atoms with Crippen molar-refractivity contribution in [1.82, 2.24) is 15.5 Å². The zero-order valence-electron chi connectivity index (χ0n) is 13.5. The highest BCUT2D eigenvalue weighted by Crippen LogP contribution is 2.06. The SMILES string of the molecule is NCCC(=O)NCc1ccc(C(=O)NCCN2CCCC2)cc1. The third-order valence-corrected chi connectivity index (χ3v) is 3.99. The van der Waals surface area contributed by atoms with Crippen molar-refractivity contribution in [2.75, 3.05) is 32.7 Å². The van der Waals surface area contributed by atoms with Crippen LogP contribution in [0.1, 0.15) is 35.2 Å². The van der Waals surface area contributed by atoms with E-state index in [1.165, 1.54) is 12.8 Å². The van der Waals surface area contributed by atoms with Gasteiger partial charge in [-0.25, -0.2) is 0 Å². The number of carbonyl (C=O) groups is 2. The molecule has 0 unspecified atom stereocenters. The van der Waals surface area contributed by atoms with Gasteiger partial charge in [0.25, 0.3) is 5.91 Å². The molecule has 0 aliphatic carbocycles. The first-order valence-electron chi connectivity index (χ1n) is 8.25. The summed E-state index contributed by atoms with van der Waals surface area (Å²) in [4.78, 5) is 25.8. The molecule has 2 rings (SSSR count). The average molecular weight is 318 g/mol. The molecule has 1 aliphatic rings. The number of nitrogens with zero attached hydrogens (tertiary/aromatic N) is 1. The summed E-state index contributed by atoms with van der Waals surface area (Å²) in [6.45, 7) is 4.67. The molecule has 0 spiro atoms. The Balaban J connectivity index is 1.72. The van der Waals surface area contributed by atoms with Crippen molar-refractivity contribution < 1.29 is 9.59 Å². The van der Waals surface area contributed by atoms with E-state index in [1.807, 2.05) is 12.1 Å². The lowest BCUT2D eigenvalue weighted by molar-refractivity contribution is -0.121. The summed E-state index contributed by atoms with van der Waals surface area (Å²) in [6.07, 6.45) is 2.85. The monoisotopic (exact) mass is 318 g/mol. The molecule has 4 N–H and O–H groups in total. The van der Waals surface area contributed by atoms with Crippen molar-refractivity contribution in [3.8, 4) is 0 Å². The molecule has 6 nitrogen and oxygen atoms in total. The molecule has 1 fully saturated rings. The fourth-order valence-electron chi connectivity index (χ4n) is 2.63. The second-order valence-corrected chi connectivity index (χ2v) is 5.82. The predicted octanol–water partition coefficient (Wildman–Crippen LogP) is 0.477. The van der Waals surface area contributed by atoms with Crippen molar-refractivity contribution in [2.24, 2.45) is 5.73 Å². The number of hydrogen-bond donors (Lipinski definition) is 3. The van der Waals surface area contributed by atoms with Crippen LogP contribution in [0.25, 0.3) is 0 Å². The van der Waals surface area contributed by atoms with Gasteiger partial charge in [-0.3, -0.25) is 9.59 Å². The van der Waals surface area contributed by atoms with Gasteiger partial charge >= 0.3 is 0 Å². The standard InChI is InChI=1S/C17H26N4O2/c18-8-7-16(22)20-13-14-3-5-15(6-4-14)17(23)19-9-12-21-10-1-2-11-21/h3-6H,1-2,7-13,18H2,(H,19,23)(H,20,22). The molecule has 0 aromatic heterocycles. The summed E-state index contributed by atoms with van der Waals surface area (Å²) in [6, 6.07) is 7.29. The molecular formula is C17H26N4O2. The normalized spacial score (nSPS) is 14.7. The van der Waals surface area contributed by atoms with Gasteiger partial charge in [0.05, 0.1) is 0 Å². The van der Waals surface area contributed by atoms with Crippen LogP contribution < -0.4 is 16.4 Å². The lowest BCUT2D eigenvalue weighted by Gasteiger charge is -2.14. The van der Waals surface area contributed by atoms with Crippen LogP contribution in [0.5, 0.6) is 0 Å². The van der Waals surface area contributed by atoms with E-state index in [2.05, 4.69) is 15.5 Å². The molecule has 2 amide bonds. The smallest absolute Gasteiger partial charge is 0.251 e. The maximum Gasteiger partial charge on any atom is 0.251 e. The van der Waals surface area contributed by atoms with E-state index < -0.39 is 0 Å².